The molecule has 4 heteroatoms. The van der Waals surface area contributed by atoms with Crippen LogP contribution in [-0.4, -0.2) is 16.8 Å². The number of hydrogen-bond donors (Lipinski definition) is 0. The number of rotatable bonds is 6. The van der Waals surface area contributed by atoms with Gasteiger partial charge in [-0.05, 0) is 59.5 Å². The molecule has 42 heavy (non-hydrogen) atoms. The van der Waals surface area contributed by atoms with Crippen LogP contribution in [0.25, 0.3) is 38.6 Å². The van der Waals surface area contributed by atoms with Gasteiger partial charge in [-0.25, -0.2) is 4.79 Å². The first kappa shape index (κ1) is 28.3. The standard InChI is InChI=1S/C36H27NO3.C2H6/c1-24-16-21-29(22-32(24)33(23-38)27-10-4-3-5-11-27)40-36(39)25(2)26-17-19-28(20-18-26)37-34-14-8-6-12-30(34)31-13-7-9-15-35(31)37;1-2/h3-20,22-23H,2,21H2,1H3;1-2H3/b33-32+;. The number of nitrogens with zero attached hydrogens (tertiary/aromatic N) is 1. The van der Waals surface area contributed by atoms with Crippen LogP contribution >= 0.6 is 0 Å². The minimum atomic E-state index is -0.518. The Morgan fingerprint density at radius 3 is 1.95 bits per heavy atom. The van der Waals surface area contributed by atoms with E-state index in [2.05, 4.69) is 47.5 Å². The molecule has 6 rings (SSSR count). The van der Waals surface area contributed by atoms with Gasteiger partial charge < -0.3 is 9.30 Å². The van der Waals surface area contributed by atoms with Crippen LogP contribution in [0.1, 0.15) is 38.3 Å². The highest BCUT2D eigenvalue weighted by molar-refractivity contribution is 6.16. The molecule has 0 aliphatic heterocycles. The van der Waals surface area contributed by atoms with Crippen LogP contribution in [0.4, 0.5) is 0 Å². The van der Waals surface area contributed by atoms with Gasteiger partial charge in [0, 0.05) is 28.5 Å². The predicted octanol–water partition coefficient (Wildman–Crippen LogP) is 9.25. The van der Waals surface area contributed by atoms with Crippen LogP contribution in [0.5, 0.6) is 0 Å². The molecule has 0 amide bonds. The van der Waals surface area contributed by atoms with E-state index in [9.17, 15) is 9.59 Å². The Bertz CT molecular complexity index is 1830. The Balaban J connectivity index is 0.00000173. The number of carbonyl (C=O) groups is 2. The maximum atomic E-state index is 13.1. The number of esters is 1. The van der Waals surface area contributed by atoms with Crippen molar-refractivity contribution in [2.45, 2.75) is 27.2 Å². The number of allylic oxidation sites excluding steroid dienone is 5. The molecule has 0 N–H and O–H groups in total. The smallest absolute Gasteiger partial charge is 0.343 e. The summed E-state index contributed by atoms with van der Waals surface area (Å²) in [6.45, 7) is 9.98. The molecule has 0 fully saturated rings. The highest BCUT2D eigenvalue weighted by Crippen LogP contribution is 2.33. The summed E-state index contributed by atoms with van der Waals surface area (Å²) in [5.74, 6) is -0.0422. The maximum Gasteiger partial charge on any atom is 0.343 e. The number of aldehydes is 1. The molecule has 0 unspecified atom stereocenters. The molecule has 4 nitrogen and oxygen atoms in total. The normalized spacial score (nSPS) is 13.9. The number of benzene rings is 4. The molecule has 0 bridgehead atoms. The van der Waals surface area contributed by atoms with Crippen LogP contribution in [0, 0.1) is 0 Å². The van der Waals surface area contributed by atoms with E-state index in [4.69, 9.17) is 4.74 Å². The van der Waals surface area contributed by atoms with Gasteiger partial charge in [0.2, 0.25) is 0 Å². The molecular weight excluding hydrogens is 518 g/mol. The summed E-state index contributed by atoms with van der Waals surface area (Å²) in [5.41, 5.74) is 7.28. The molecule has 1 aromatic heterocycles. The average molecular weight is 552 g/mol. The summed E-state index contributed by atoms with van der Waals surface area (Å²) in [7, 11) is 0. The van der Waals surface area contributed by atoms with Crippen molar-refractivity contribution in [2.75, 3.05) is 0 Å². The summed E-state index contributed by atoms with van der Waals surface area (Å²) in [4.78, 5) is 25.1. The van der Waals surface area contributed by atoms with Crippen LogP contribution in [-0.2, 0) is 14.3 Å². The zero-order valence-corrected chi connectivity index (χ0v) is 24.1. The number of hydrogen-bond acceptors (Lipinski definition) is 3. The molecular formula is C38H33NO3. The number of fused-ring (bicyclic) bond motifs is 3. The van der Waals surface area contributed by atoms with E-state index in [1.807, 2.05) is 93.6 Å². The molecule has 5 aromatic rings. The predicted molar refractivity (Wildman–Crippen MR) is 173 cm³/mol. The largest absolute Gasteiger partial charge is 0.427 e. The zero-order chi connectivity index (χ0) is 29.6. The van der Waals surface area contributed by atoms with E-state index in [0.717, 1.165) is 39.7 Å². The molecule has 0 atom stereocenters. The van der Waals surface area contributed by atoms with Crippen LogP contribution in [0.2, 0.25) is 0 Å². The number of carbonyl (C=O) groups excluding carboxylic acids is 2. The Morgan fingerprint density at radius 1 is 0.786 bits per heavy atom. The first-order chi connectivity index (χ1) is 20.5. The van der Waals surface area contributed by atoms with E-state index in [0.29, 0.717) is 23.3 Å². The molecule has 0 saturated carbocycles. The fourth-order valence-electron chi connectivity index (χ4n) is 5.27. The molecule has 0 radical (unpaired) electrons. The lowest BCUT2D eigenvalue weighted by atomic mass is 9.92. The van der Waals surface area contributed by atoms with Crippen LogP contribution in [0.3, 0.4) is 0 Å². The van der Waals surface area contributed by atoms with Gasteiger partial charge >= 0.3 is 5.97 Å². The van der Waals surface area contributed by atoms with Crippen molar-refractivity contribution in [3.8, 4) is 5.69 Å². The van der Waals surface area contributed by atoms with Gasteiger partial charge in [0.15, 0.2) is 6.29 Å². The van der Waals surface area contributed by atoms with Gasteiger partial charge in [-0.3, -0.25) is 4.79 Å². The lowest BCUT2D eigenvalue weighted by Crippen LogP contribution is -2.09. The minimum absolute atomic E-state index is 0.269. The van der Waals surface area contributed by atoms with Gasteiger partial charge in [0.1, 0.15) is 5.76 Å². The minimum Gasteiger partial charge on any atom is -0.427 e. The van der Waals surface area contributed by atoms with E-state index in [-0.39, 0.29) is 5.57 Å². The third-order valence-corrected chi connectivity index (χ3v) is 7.36. The Hall–Kier alpha value is -5.22. The van der Waals surface area contributed by atoms with Crippen molar-refractivity contribution in [3.05, 3.63) is 150 Å². The summed E-state index contributed by atoms with van der Waals surface area (Å²) in [6, 6.07) is 33.9. The van der Waals surface area contributed by atoms with Crippen molar-refractivity contribution >= 4 is 45.2 Å². The SMILES string of the molecule is C=C(C(=O)OC1=C/C(=C(/C=O)c2ccccc2)C(C)=CC1)c1ccc(-n2c3ccccc3c3ccccc32)cc1.CC. The van der Waals surface area contributed by atoms with Gasteiger partial charge in [-0.1, -0.05) is 105 Å². The first-order valence-corrected chi connectivity index (χ1v) is 14.2. The molecule has 208 valence electrons. The molecule has 0 spiro atoms. The quantitative estimate of drug-likeness (QED) is 0.120. The van der Waals surface area contributed by atoms with Crippen LogP contribution < -0.4 is 0 Å². The van der Waals surface area contributed by atoms with Crippen molar-refractivity contribution in [1.82, 2.24) is 4.57 Å². The summed E-state index contributed by atoms with van der Waals surface area (Å²) in [6.07, 6.45) is 5.05. The first-order valence-electron chi connectivity index (χ1n) is 14.2. The Morgan fingerprint density at radius 2 is 1.36 bits per heavy atom. The average Bonchev–Trinajstić information content (AvgIpc) is 3.38. The second-order valence-corrected chi connectivity index (χ2v) is 9.80. The zero-order valence-electron chi connectivity index (χ0n) is 24.1. The van der Waals surface area contributed by atoms with Gasteiger partial charge in [-0.2, -0.15) is 0 Å². The Kier molecular flexibility index (Phi) is 8.44. The second kappa shape index (κ2) is 12.5. The number of ether oxygens (including phenoxy) is 1. The second-order valence-electron chi connectivity index (χ2n) is 9.80. The summed E-state index contributed by atoms with van der Waals surface area (Å²) >= 11 is 0. The molecule has 0 saturated heterocycles. The molecule has 1 aliphatic carbocycles. The van der Waals surface area contributed by atoms with Gasteiger partial charge in [0.05, 0.1) is 16.6 Å². The number of aromatic nitrogens is 1. The highest BCUT2D eigenvalue weighted by Gasteiger charge is 2.19. The fourth-order valence-corrected chi connectivity index (χ4v) is 5.27. The van der Waals surface area contributed by atoms with Crippen LogP contribution in [0.15, 0.2) is 139 Å². The highest BCUT2D eigenvalue weighted by atomic mass is 16.5. The van der Waals surface area contributed by atoms with E-state index in [1.165, 1.54) is 10.8 Å². The Labute approximate surface area is 246 Å². The third-order valence-electron chi connectivity index (χ3n) is 7.36. The molecule has 4 aromatic carbocycles. The lowest BCUT2D eigenvalue weighted by molar-refractivity contribution is -0.132. The fraction of sp³-hybridized carbons (Fsp3) is 0.105. The van der Waals surface area contributed by atoms with E-state index in [1.54, 1.807) is 6.08 Å². The summed E-state index contributed by atoms with van der Waals surface area (Å²) < 4.78 is 7.98. The monoisotopic (exact) mass is 551 g/mol. The number of para-hydroxylation sites is 2. The van der Waals surface area contributed by atoms with E-state index >= 15 is 0 Å². The van der Waals surface area contributed by atoms with Crippen molar-refractivity contribution in [2.24, 2.45) is 0 Å². The summed E-state index contributed by atoms with van der Waals surface area (Å²) in [5, 5.41) is 2.39. The molecule has 1 aliphatic rings. The maximum absolute atomic E-state index is 13.1. The molecule has 1 heterocycles. The third kappa shape index (κ3) is 5.39. The van der Waals surface area contributed by atoms with Crippen molar-refractivity contribution < 1.29 is 14.3 Å². The lowest BCUT2D eigenvalue weighted by Gasteiger charge is -2.17. The topological polar surface area (TPSA) is 48.3 Å². The van der Waals surface area contributed by atoms with Crippen molar-refractivity contribution in [1.29, 1.82) is 0 Å². The van der Waals surface area contributed by atoms with Gasteiger partial charge in [0.25, 0.3) is 0 Å². The van der Waals surface area contributed by atoms with E-state index < -0.39 is 5.97 Å². The van der Waals surface area contributed by atoms with Gasteiger partial charge in [-0.15, -0.1) is 0 Å². The van der Waals surface area contributed by atoms with Crippen molar-refractivity contribution in [3.63, 3.8) is 0 Å².